The minimum atomic E-state index is -0.909. The Morgan fingerprint density at radius 3 is 2.59 bits per heavy atom. The Labute approximate surface area is 157 Å². The van der Waals surface area contributed by atoms with E-state index in [4.69, 9.17) is 5.11 Å². The second-order valence-corrected chi connectivity index (χ2v) is 7.11. The van der Waals surface area contributed by atoms with Crippen molar-refractivity contribution >= 4 is 12.0 Å². The van der Waals surface area contributed by atoms with E-state index in [1.54, 1.807) is 24.5 Å². The number of nitrogens with zero attached hydrogens (tertiary/aromatic N) is 4. The topological polar surface area (TPSA) is 77.0 Å². The number of fused-ring (bicyclic) bond motifs is 1. The molecule has 1 atom stereocenters. The van der Waals surface area contributed by atoms with Crippen LogP contribution in [-0.4, -0.2) is 69.0 Å². The number of benzene rings is 1. The monoisotopic (exact) mass is 366 g/mol. The molecule has 2 aromatic rings. The highest BCUT2D eigenvalue weighted by atomic mass is 16.4. The lowest BCUT2D eigenvalue weighted by molar-refractivity contribution is 0.0697. The maximum atomic E-state index is 12.7. The highest BCUT2D eigenvalue weighted by Crippen LogP contribution is 2.23. The zero-order valence-electron chi connectivity index (χ0n) is 15.0. The summed E-state index contributed by atoms with van der Waals surface area (Å²) in [6.45, 7) is 4.46. The van der Waals surface area contributed by atoms with Gasteiger partial charge in [-0.3, -0.25) is 9.88 Å². The van der Waals surface area contributed by atoms with Crippen LogP contribution in [0.4, 0.5) is 4.79 Å². The van der Waals surface area contributed by atoms with Crippen LogP contribution in [0.25, 0.3) is 0 Å². The number of pyridine rings is 1. The summed E-state index contributed by atoms with van der Waals surface area (Å²) in [5.41, 5.74) is 2.43. The number of aromatic carboxylic acids is 1. The van der Waals surface area contributed by atoms with Gasteiger partial charge in [-0.2, -0.15) is 0 Å². The summed E-state index contributed by atoms with van der Waals surface area (Å²) in [5.74, 6) is -0.909. The summed E-state index contributed by atoms with van der Waals surface area (Å²) in [6, 6.07) is 11.2. The predicted molar refractivity (Wildman–Crippen MR) is 99.2 cm³/mol. The molecule has 0 radical (unpaired) electrons. The molecule has 2 aliphatic rings. The first-order chi connectivity index (χ1) is 13.1. The zero-order valence-corrected chi connectivity index (χ0v) is 15.0. The Morgan fingerprint density at radius 1 is 1.07 bits per heavy atom. The summed E-state index contributed by atoms with van der Waals surface area (Å²) in [6.07, 6.45) is 3.54. The lowest BCUT2D eigenvalue weighted by Crippen LogP contribution is -2.51. The van der Waals surface area contributed by atoms with Gasteiger partial charge in [0.25, 0.3) is 0 Å². The molecule has 7 heteroatoms. The molecule has 27 heavy (non-hydrogen) atoms. The van der Waals surface area contributed by atoms with Crippen LogP contribution in [0.1, 0.15) is 21.5 Å². The van der Waals surface area contributed by atoms with Crippen molar-refractivity contribution in [3.63, 3.8) is 0 Å². The second kappa shape index (κ2) is 7.36. The van der Waals surface area contributed by atoms with Crippen LogP contribution >= 0.6 is 0 Å². The number of rotatable bonds is 5. The van der Waals surface area contributed by atoms with Crippen molar-refractivity contribution in [2.75, 3.05) is 26.2 Å². The fourth-order valence-corrected chi connectivity index (χ4v) is 3.84. The number of hydrogen-bond acceptors (Lipinski definition) is 4. The molecule has 140 valence electrons. The molecular weight excluding hydrogens is 344 g/mol. The molecule has 2 amide bonds. The molecule has 0 saturated carbocycles. The Morgan fingerprint density at radius 2 is 1.89 bits per heavy atom. The van der Waals surface area contributed by atoms with Gasteiger partial charge < -0.3 is 14.9 Å². The van der Waals surface area contributed by atoms with Crippen molar-refractivity contribution in [2.45, 2.75) is 19.1 Å². The van der Waals surface area contributed by atoms with E-state index in [0.717, 1.165) is 43.9 Å². The van der Waals surface area contributed by atoms with Crippen LogP contribution in [0.5, 0.6) is 0 Å². The molecule has 0 unspecified atom stereocenters. The summed E-state index contributed by atoms with van der Waals surface area (Å²) >= 11 is 0. The van der Waals surface area contributed by atoms with E-state index in [1.807, 2.05) is 34.1 Å². The fraction of sp³-hybridized carbons (Fsp3) is 0.350. The average Bonchev–Trinajstić information content (AvgIpc) is 2.98. The first kappa shape index (κ1) is 17.5. The summed E-state index contributed by atoms with van der Waals surface area (Å²) in [7, 11) is 0. The summed E-state index contributed by atoms with van der Waals surface area (Å²) in [5, 5.41) is 9.00. The smallest absolute Gasteiger partial charge is 0.335 e. The van der Waals surface area contributed by atoms with E-state index in [1.165, 1.54) is 0 Å². The first-order valence-corrected chi connectivity index (χ1v) is 9.09. The van der Waals surface area contributed by atoms with Gasteiger partial charge in [-0.05, 0) is 29.3 Å². The Hall–Kier alpha value is -2.93. The normalized spacial score (nSPS) is 20.0. The third-order valence-corrected chi connectivity index (χ3v) is 5.22. The summed E-state index contributed by atoms with van der Waals surface area (Å²) < 4.78 is 0. The van der Waals surface area contributed by atoms with Crippen molar-refractivity contribution in [3.05, 3.63) is 65.5 Å². The van der Waals surface area contributed by atoms with Crippen LogP contribution in [0.2, 0.25) is 0 Å². The van der Waals surface area contributed by atoms with Gasteiger partial charge in [-0.15, -0.1) is 0 Å². The quantitative estimate of drug-likeness (QED) is 0.875. The number of hydrogen-bond donors (Lipinski definition) is 1. The number of carboxylic acids is 1. The molecule has 1 aromatic heterocycles. The highest BCUT2D eigenvalue weighted by Gasteiger charge is 2.40. The van der Waals surface area contributed by atoms with Gasteiger partial charge in [0.15, 0.2) is 0 Å². The van der Waals surface area contributed by atoms with Gasteiger partial charge in [-0.25, -0.2) is 9.59 Å². The maximum absolute atomic E-state index is 12.7. The van der Waals surface area contributed by atoms with Gasteiger partial charge in [0.2, 0.25) is 0 Å². The SMILES string of the molecule is O=C(O)c1ccc(CN2CCN3C(=O)N(Cc4cccnc4)C[C@H]3C2)cc1. The van der Waals surface area contributed by atoms with E-state index in [0.29, 0.717) is 12.1 Å². The average molecular weight is 366 g/mol. The molecule has 3 heterocycles. The van der Waals surface area contributed by atoms with Crippen molar-refractivity contribution < 1.29 is 14.7 Å². The van der Waals surface area contributed by atoms with Crippen molar-refractivity contribution in [3.8, 4) is 0 Å². The molecule has 1 aromatic carbocycles. The van der Waals surface area contributed by atoms with Crippen LogP contribution in [0, 0.1) is 0 Å². The van der Waals surface area contributed by atoms with Gasteiger partial charge in [0.05, 0.1) is 11.6 Å². The van der Waals surface area contributed by atoms with Crippen molar-refractivity contribution in [1.82, 2.24) is 19.7 Å². The molecular formula is C20H22N4O3. The van der Waals surface area contributed by atoms with Gasteiger partial charge >= 0.3 is 12.0 Å². The lowest BCUT2D eigenvalue weighted by Gasteiger charge is -2.36. The van der Waals surface area contributed by atoms with Crippen LogP contribution in [0.3, 0.4) is 0 Å². The fourth-order valence-electron chi connectivity index (χ4n) is 3.84. The van der Waals surface area contributed by atoms with E-state index in [-0.39, 0.29) is 12.1 Å². The molecule has 1 N–H and O–H groups in total. The second-order valence-electron chi connectivity index (χ2n) is 7.11. The van der Waals surface area contributed by atoms with E-state index in [9.17, 15) is 9.59 Å². The molecule has 7 nitrogen and oxygen atoms in total. The Balaban J connectivity index is 1.37. The highest BCUT2D eigenvalue weighted by molar-refractivity contribution is 5.87. The number of amides is 2. The van der Waals surface area contributed by atoms with Crippen LogP contribution in [-0.2, 0) is 13.1 Å². The van der Waals surface area contributed by atoms with Crippen LogP contribution < -0.4 is 0 Å². The largest absolute Gasteiger partial charge is 0.478 e. The molecule has 2 aliphatic heterocycles. The third-order valence-electron chi connectivity index (χ3n) is 5.22. The number of carbonyl (C=O) groups is 2. The Kier molecular flexibility index (Phi) is 4.77. The molecule has 2 saturated heterocycles. The van der Waals surface area contributed by atoms with E-state index in [2.05, 4.69) is 9.88 Å². The predicted octanol–water partition coefficient (Wildman–Crippen LogP) is 1.90. The third kappa shape index (κ3) is 3.78. The van der Waals surface area contributed by atoms with Crippen LogP contribution in [0.15, 0.2) is 48.8 Å². The lowest BCUT2D eigenvalue weighted by atomic mass is 10.1. The van der Waals surface area contributed by atoms with Gasteiger partial charge in [-0.1, -0.05) is 18.2 Å². The zero-order chi connectivity index (χ0) is 18.8. The maximum Gasteiger partial charge on any atom is 0.335 e. The van der Waals surface area contributed by atoms with E-state index < -0.39 is 5.97 Å². The number of carboxylic acid groups (broad SMARTS) is 1. The van der Waals surface area contributed by atoms with Gasteiger partial charge in [0, 0.05) is 51.7 Å². The first-order valence-electron chi connectivity index (χ1n) is 9.09. The van der Waals surface area contributed by atoms with Crippen molar-refractivity contribution in [1.29, 1.82) is 0 Å². The number of carbonyl (C=O) groups excluding carboxylic acids is 1. The summed E-state index contributed by atoms with van der Waals surface area (Å²) in [4.78, 5) is 34.0. The number of piperazine rings is 1. The number of urea groups is 1. The molecule has 0 bridgehead atoms. The molecule has 0 spiro atoms. The number of aromatic nitrogens is 1. The van der Waals surface area contributed by atoms with Crippen molar-refractivity contribution in [2.24, 2.45) is 0 Å². The molecule has 0 aliphatic carbocycles. The minimum absolute atomic E-state index is 0.106. The Bertz CT molecular complexity index is 825. The van der Waals surface area contributed by atoms with Gasteiger partial charge in [0.1, 0.15) is 0 Å². The molecule has 2 fully saturated rings. The standard InChI is InChI=1S/C20H22N4O3/c25-19(26)17-5-3-15(4-6-17)11-22-8-9-24-18(13-22)14-23(20(24)27)12-16-2-1-7-21-10-16/h1-7,10,18H,8-9,11-14H2,(H,25,26)/t18-/m1/s1. The molecule has 4 rings (SSSR count). The van der Waals surface area contributed by atoms with E-state index >= 15 is 0 Å². The minimum Gasteiger partial charge on any atom is -0.478 e.